The molecular weight excluding hydrogens is 239 g/mol. The molecule has 0 aromatic heterocycles. The van der Waals surface area contributed by atoms with Crippen molar-refractivity contribution in [1.82, 2.24) is 0 Å². The van der Waals surface area contributed by atoms with Gasteiger partial charge >= 0.3 is 0 Å². The van der Waals surface area contributed by atoms with Crippen LogP contribution in [0.25, 0.3) is 0 Å². The van der Waals surface area contributed by atoms with Gasteiger partial charge in [-0.1, -0.05) is 6.07 Å². The van der Waals surface area contributed by atoms with Gasteiger partial charge in [0.05, 0.1) is 6.04 Å². The maximum Gasteiger partial charge on any atom is 0.126 e. The van der Waals surface area contributed by atoms with E-state index in [4.69, 9.17) is 0 Å². The molecule has 0 saturated heterocycles. The Morgan fingerprint density at radius 2 is 1.61 bits per heavy atom. The summed E-state index contributed by atoms with van der Waals surface area (Å²) >= 11 is 0. The smallest absolute Gasteiger partial charge is 0.126 e. The number of rotatable bonds is 1. The van der Waals surface area contributed by atoms with Gasteiger partial charge in [-0.2, -0.15) is 0 Å². The van der Waals surface area contributed by atoms with Gasteiger partial charge in [0.25, 0.3) is 0 Å². The molecule has 1 atom stereocenters. The Bertz CT molecular complexity index is 590. The first kappa shape index (κ1) is 11.1. The highest BCUT2D eigenvalue weighted by molar-refractivity contribution is 5.58. The van der Waals surface area contributed by atoms with Crippen LogP contribution in [-0.4, -0.2) is 0 Å². The molecule has 0 amide bonds. The molecule has 4 heteroatoms. The van der Waals surface area contributed by atoms with Crippen LogP contribution in [0.2, 0.25) is 0 Å². The molecule has 0 spiro atoms. The van der Waals surface area contributed by atoms with E-state index in [0.29, 0.717) is 17.7 Å². The van der Waals surface area contributed by atoms with Crippen LogP contribution in [0, 0.1) is 17.5 Å². The quantitative estimate of drug-likeness (QED) is 0.810. The molecule has 1 aliphatic rings. The lowest BCUT2D eigenvalue weighted by atomic mass is 10.0. The summed E-state index contributed by atoms with van der Waals surface area (Å²) in [6.07, 6.45) is 0.596. The molecule has 1 heterocycles. The zero-order valence-corrected chi connectivity index (χ0v) is 9.38. The summed E-state index contributed by atoms with van der Waals surface area (Å²) < 4.78 is 39.4. The fourth-order valence-electron chi connectivity index (χ4n) is 2.30. The maximum absolute atomic E-state index is 13.1. The Balaban J connectivity index is 1.93. The molecule has 2 aromatic carbocycles. The Hall–Kier alpha value is -1.97. The highest BCUT2D eigenvalue weighted by Crippen LogP contribution is 2.34. The minimum absolute atomic E-state index is 0.216. The third-order valence-electron chi connectivity index (χ3n) is 3.11. The molecule has 1 unspecified atom stereocenters. The van der Waals surface area contributed by atoms with Crippen molar-refractivity contribution in [2.24, 2.45) is 0 Å². The van der Waals surface area contributed by atoms with Crippen molar-refractivity contribution in [3.05, 3.63) is 65.0 Å². The standard InChI is InChI=1S/C14H10F3N/c15-10-2-1-8-5-13(18-14(8)7-10)9-3-11(16)6-12(17)4-9/h1-4,6-7,13,18H,5H2. The second kappa shape index (κ2) is 4.05. The summed E-state index contributed by atoms with van der Waals surface area (Å²) in [5, 5.41) is 3.07. The summed E-state index contributed by atoms with van der Waals surface area (Å²) in [5.74, 6) is -1.53. The van der Waals surface area contributed by atoms with Crippen molar-refractivity contribution >= 4 is 5.69 Å². The summed E-state index contributed by atoms with van der Waals surface area (Å²) in [6.45, 7) is 0. The van der Waals surface area contributed by atoms with E-state index in [1.54, 1.807) is 6.07 Å². The molecule has 0 bridgehead atoms. The monoisotopic (exact) mass is 249 g/mol. The predicted octanol–water partition coefficient (Wildman–Crippen LogP) is 3.81. The average Bonchev–Trinajstić information content (AvgIpc) is 2.70. The Morgan fingerprint density at radius 1 is 0.889 bits per heavy atom. The highest BCUT2D eigenvalue weighted by atomic mass is 19.1. The zero-order valence-electron chi connectivity index (χ0n) is 9.38. The van der Waals surface area contributed by atoms with Gasteiger partial charge in [-0.05, 0) is 41.8 Å². The summed E-state index contributed by atoms with van der Waals surface area (Å²) in [5.41, 5.74) is 2.17. The Labute approximate surface area is 102 Å². The molecular formula is C14H10F3N. The minimum atomic E-state index is -0.603. The number of hydrogen-bond donors (Lipinski definition) is 1. The Morgan fingerprint density at radius 3 is 2.33 bits per heavy atom. The van der Waals surface area contributed by atoms with Crippen molar-refractivity contribution < 1.29 is 13.2 Å². The van der Waals surface area contributed by atoms with Gasteiger partial charge < -0.3 is 5.32 Å². The number of anilines is 1. The fourth-order valence-corrected chi connectivity index (χ4v) is 2.30. The van der Waals surface area contributed by atoms with Crippen molar-refractivity contribution in [3.63, 3.8) is 0 Å². The Kier molecular flexibility index (Phi) is 2.51. The molecule has 0 radical (unpaired) electrons. The lowest BCUT2D eigenvalue weighted by molar-refractivity contribution is 0.576. The van der Waals surface area contributed by atoms with Crippen LogP contribution in [0.4, 0.5) is 18.9 Å². The number of benzene rings is 2. The average molecular weight is 249 g/mol. The maximum atomic E-state index is 13.1. The van der Waals surface area contributed by atoms with E-state index in [1.165, 1.54) is 24.3 Å². The van der Waals surface area contributed by atoms with Gasteiger partial charge in [-0.3, -0.25) is 0 Å². The highest BCUT2D eigenvalue weighted by Gasteiger charge is 2.23. The SMILES string of the molecule is Fc1cc(F)cc(C2Cc3ccc(F)cc3N2)c1. The van der Waals surface area contributed by atoms with Crippen LogP contribution in [0.5, 0.6) is 0 Å². The molecule has 18 heavy (non-hydrogen) atoms. The van der Waals surface area contributed by atoms with E-state index in [-0.39, 0.29) is 11.9 Å². The summed E-state index contributed by atoms with van der Waals surface area (Å²) in [6, 6.07) is 7.68. The van der Waals surface area contributed by atoms with E-state index < -0.39 is 11.6 Å². The van der Waals surface area contributed by atoms with E-state index in [1.807, 2.05) is 0 Å². The van der Waals surface area contributed by atoms with Crippen LogP contribution in [0.15, 0.2) is 36.4 Å². The van der Waals surface area contributed by atoms with Gasteiger partial charge in [-0.25, -0.2) is 13.2 Å². The molecule has 92 valence electrons. The largest absolute Gasteiger partial charge is 0.378 e. The molecule has 2 aromatic rings. The van der Waals surface area contributed by atoms with Crippen LogP contribution >= 0.6 is 0 Å². The van der Waals surface area contributed by atoms with E-state index in [0.717, 1.165) is 11.6 Å². The number of nitrogens with one attached hydrogen (secondary N) is 1. The van der Waals surface area contributed by atoms with Gasteiger partial charge in [0, 0.05) is 11.8 Å². The second-order valence-electron chi connectivity index (χ2n) is 4.41. The van der Waals surface area contributed by atoms with E-state index in [2.05, 4.69) is 5.32 Å². The number of halogens is 3. The number of hydrogen-bond acceptors (Lipinski definition) is 1. The molecule has 0 saturated carbocycles. The predicted molar refractivity (Wildman–Crippen MR) is 62.8 cm³/mol. The van der Waals surface area contributed by atoms with Gasteiger partial charge in [0.15, 0.2) is 0 Å². The fraction of sp³-hybridized carbons (Fsp3) is 0.143. The van der Waals surface area contributed by atoms with Crippen LogP contribution < -0.4 is 5.32 Å². The van der Waals surface area contributed by atoms with Crippen molar-refractivity contribution in [2.45, 2.75) is 12.5 Å². The van der Waals surface area contributed by atoms with E-state index in [9.17, 15) is 13.2 Å². The zero-order chi connectivity index (χ0) is 12.7. The van der Waals surface area contributed by atoms with Gasteiger partial charge in [0.1, 0.15) is 17.5 Å². The van der Waals surface area contributed by atoms with Gasteiger partial charge in [-0.15, -0.1) is 0 Å². The molecule has 1 N–H and O–H groups in total. The van der Waals surface area contributed by atoms with Crippen molar-refractivity contribution in [3.8, 4) is 0 Å². The normalized spacial score (nSPS) is 17.4. The third-order valence-corrected chi connectivity index (χ3v) is 3.11. The van der Waals surface area contributed by atoms with Gasteiger partial charge in [0.2, 0.25) is 0 Å². The summed E-state index contributed by atoms with van der Waals surface area (Å²) in [4.78, 5) is 0. The summed E-state index contributed by atoms with van der Waals surface area (Å²) in [7, 11) is 0. The van der Waals surface area contributed by atoms with Crippen LogP contribution in [0.1, 0.15) is 17.2 Å². The van der Waals surface area contributed by atoms with Crippen molar-refractivity contribution in [1.29, 1.82) is 0 Å². The molecule has 0 aliphatic carbocycles. The molecule has 0 fully saturated rings. The third kappa shape index (κ3) is 1.94. The molecule has 1 aliphatic heterocycles. The van der Waals surface area contributed by atoms with Crippen LogP contribution in [-0.2, 0) is 6.42 Å². The second-order valence-corrected chi connectivity index (χ2v) is 4.41. The lowest BCUT2D eigenvalue weighted by Gasteiger charge is -2.11. The molecule has 3 rings (SSSR count). The first-order valence-corrected chi connectivity index (χ1v) is 5.63. The first-order chi connectivity index (χ1) is 8.61. The first-order valence-electron chi connectivity index (χ1n) is 5.63. The van der Waals surface area contributed by atoms with Crippen molar-refractivity contribution in [2.75, 3.05) is 5.32 Å². The van der Waals surface area contributed by atoms with Crippen LogP contribution in [0.3, 0.4) is 0 Å². The van der Waals surface area contributed by atoms with E-state index >= 15 is 0 Å². The molecule has 1 nitrogen and oxygen atoms in total. The number of fused-ring (bicyclic) bond motifs is 1. The lowest BCUT2D eigenvalue weighted by Crippen LogP contribution is -2.06. The minimum Gasteiger partial charge on any atom is -0.378 e. The topological polar surface area (TPSA) is 12.0 Å².